The van der Waals surface area contributed by atoms with Gasteiger partial charge in [0.05, 0.1) is 25.2 Å². The largest absolute Gasteiger partial charge is 0.467 e. The van der Waals surface area contributed by atoms with E-state index >= 15 is 0 Å². The fourth-order valence-corrected chi connectivity index (χ4v) is 5.89. The van der Waals surface area contributed by atoms with Crippen LogP contribution in [0.25, 0.3) is 0 Å². The number of hydrogen-bond donors (Lipinski definition) is 6. The van der Waals surface area contributed by atoms with E-state index in [0.717, 1.165) is 0 Å². The third-order valence-electron chi connectivity index (χ3n) is 8.52. The predicted molar refractivity (Wildman–Crippen MR) is 179 cm³/mol. The van der Waals surface area contributed by atoms with Gasteiger partial charge in [0.1, 0.15) is 23.7 Å². The quantitative estimate of drug-likeness (QED) is 0.134. The molecule has 6 amide bonds. The molecule has 0 spiro atoms. The van der Waals surface area contributed by atoms with E-state index in [1.54, 1.807) is 20.8 Å². The normalized spacial score (nSPS) is 26.9. The van der Waals surface area contributed by atoms with Gasteiger partial charge < -0.3 is 55.6 Å². The SMILES string of the molecule is COC(=O)[C@H](C)NC(=O)[C@@H]1OCCC[C@H]1NC(=O)[C@H](C)NC(=O)[C@@H]1OCCC[C@H]1NC(=O)[C@H](C)NC(=O)[C@@H]1OCCC[C@H]1NC(=O)OC(C)(C)C. The summed E-state index contributed by atoms with van der Waals surface area (Å²) in [5.74, 6) is -3.59. The molecule has 51 heavy (non-hydrogen) atoms. The summed E-state index contributed by atoms with van der Waals surface area (Å²) in [5, 5.41) is 16.0. The van der Waals surface area contributed by atoms with Crippen LogP contribution < -0.4 is 31.9 Å². The zero-order valence-corrected chi connectivity index (χ0v) is 30.5. The number of hydrogen-bond acceptors (Lipinski definition) is 12. The molecule has 3 saturated heterocycles. The molecule has 0 bridgehead atoms. The van der Waals surface area contributed by atoms with E-state index in [2.05, 4.69) is 36.6 Å². The summed E-state index contributed by atoms with van der Waals surface area (Å²) >= 11 is 0. The standard InChI is InChI=1S/C33H54N6O12/c1-17(26(40)38-21-12-9-15-49-24(21)30(44)36-19(3)31(45)47-7)34-28(42)23-20(11-8-14-48-23)37-27(41)18(2)35-29(43)25-22(13-10-16-50-25)39-32(46)51-33(4,5)6/h17-25H,8-16H2,1-7H3,(H,34,42)(H,35,43)(H,36,44)(H,37,41)(H,38,40)(H,39,46)/t17-,18-,19-,20+,21+,22+,23+,24+,25+/m0/s1. The van der Waals surface area contributed by atoms with Gasteiger partial charge in [0.2, 0.25) is 11.8 Å². The molecule has 0 aromatic heterocycles. The molecule has 3 aliphatic rings. The molecule has 3 heterocycles. The molecule has 0 saturated carbocycles. The van der Waals surface area contributed by atoms with Gasteiger partial charge in [-0.15, -0.1) is 0 Å². The van der Waals surface area contributed by atoms with Crippen LogP contribution in [-0.2, 0) is 52.5 Å². The minimum absolute atomic E-state index is 0.253. The second kappa shape index (κ2) is 19.0. The average Bonchev–Trinajstić information content (AvgIpc) is 3.07. The summed E-state index contributed by atoms with van der Waals surface area (Å²) in [6, 6.07) is -5.13. The molecule has 0 radical (unpaired) electrons. The number of nitrogens with one attached hydrogen (secondary N) is 6. The van der Waals surface area contributed by atoms with Crippen molar-refractivity contribution in [2.75, 3.05) is 26.9 Å². The summed E-state index contributed by atoms with van der Waals surface area (Å²) in [7, 11) is 1.20. The van der Waals surface area contributed by atoms with Gasteiger partial charge in [0.15, 0.2) is 18.3 Å². The van der Waals surface area contributed by atoms with Crippen molar-refractivity contribution >= 4 is 41.6 Å². The minimum atomic E-state index is -1.12. The van der Waals surface area contributed by atoms with Crippen LogP contribution in [0.2, 0.25) is 0 Å². The monoisotopic (exact) mass is 726 g/mol. The van der Waals surface area contributed by atoms with Gasteiger partial charge in [-0.25, -0.2) is 9.59 Å². The van der Waals surface area contributed by atoms with Crippen LogP contribution in [0.15, 0.2) is 0 Å². The number of methoxy groups -OCH3 is 1. The van der Waals surface area contributed by atoms with Gasteiger partial charge in [-0.05, 0) is 80.1 Å². The summed E-state index contributed by atoms with van der Waals surface area (Å²) in [6.45, 7) is 10.4. The van der Waals surface area contributed by atoms with E-state index in [0.29, 0.717) is 45.1 Å². The van der Waals surface area contributed by atoms with Gasteiger partial charge in [-0.1, -0.05) is 0 Å². The molecule has 6 N–H and O–H groups in total. The maximum absolute atomic E-state index is 13.3. The molecule has 0 aromatic carbocycles. The highest BCUT2D eigenvalue weighted by Crippen LogP contribution is 2.18. The molecular formula is C33H54N6O12. The molecule has 9 atom stereocenters. The van der Waals surface area contributed by atoms with Gasteiger partial charge in [-0.2, -0.15) is 0 Å². The van der Waals surface area contributed by atoms with Crippen molar-refractivity contribution in [3.8, 4) is 0 Å². The number of esters is 1. The highest BCUT2D eigenvalue weighted by molar-refractivity contribution is 5.93. The fourth-order valence-electron chi connectivity index (χ4n) is 5.89. The molecule has 3 rings (SSSR count). The van der Waals surface area contributed by atoms with Crippen molar-refractivity contribution in [1.29, 1.82) is 0 Å². The Bertz CT molecular complexity index is 1280. The minimum Gasteiger partial charge on any atom is -0.467 e. The van der Waals surface area contributed by atoms with Crippen molar-refractivity contribution < 1.29 is 57.2 Å². The lowest BCUT2D eigenvalue weighted by molar-refractivity contribution is -0.148. The molecule has 0 unspecified atom stereocenters. The Kier molecular flexibility index (Phi) is 15.4. The Labute approximate surface area is 297 Å². The maximum Gasteiger partial charge on any atom is 0.407 e. The zero-order valence-electron chi connectivity index (χ0n) is 30.5. The number of carbonyl (C=O) groups excluding carboxylic acids is 7. The maximum atomic E-state index is 13.3. The number of amides is 6. The topological polar surface area (TPSA) is 238 Å². The van der Waals surface area contributed by atoms with E-state index in [9.17, 15) is 33.6 Å². The average molecular weight is 727 g/mol. The first-order chi connectivity index (χ1) is 24.0. The molecular weight excluding hydrogens is 672 g/mol. The van der Waals surface area contributed by atoms with E-state index in [4.69, 9.17) is 18.9 Å². The summed E-state index contributed by atoms with van der Waals surface area (Å²) in [4.78, 5) is 89.7. The molecule has 0 aromatic rings. The first-order valence-electron chi connectivity index (χ1n) is 17.4. The Morgan fingerprint density at radius 1 is 0.588 bits per heavy atom. The van der Waals surface area contributed by atoms with Crippen molar-refractivity contribution in [3.63, 3.8) is 0 Å². The molecule has 0 aliphatic carbocycles. The van der Waals surface area contributed by atoms with E-state index in [1.165, 1.54) is 27.9 Å². The zero-order chi connectivity index (χ0) is 37.9. The summed E-state index contributed by atoms with van der Waals surface area (Å²) in [5.41, 5.74) is -0.729. The first-order valence-corrected chi connectivity index (χ1v) is 17.4. The van der Waals surface area contributed by atoms with Crippen LogP contribution in [-0.4, -0.2) is 129 Å². The molecule has 18 nitrogen and oxygen atoms in total. The third-order valence-corrected chi connectivity index (χ3v) is 8.52. The Morgan fingerprint density at radius 2 is 0.941 bits per heavy atom. The van der Waals surface area contributed by atoms with Crippen LogP contribution >= 0.6 is 0 Å². The lowest BCUT2D eigenvalue weighted by atomic mass is 10.00. The number of alkyl carbamates (subject to hydrolysis) is 1. The number of ether oxygens (including phenoxy) is 5. The van der Waals surface area contributed by atoms with Crippen molar-refractivity contribution in [2.45, 2.75) is 140 Å². The van der Waals surface area contributed by atoms with Crippen molar-refractivity contribution in [2.24, 2.45) is 0 Å². The predicted octanol–water partition coefficient (Wildman–Crippen LogP) is -0.927. The second-order valence-corrected chi connectivity index (χ2v) is 14.0. The number of rotatable bonds is 12. The number of carbonyl (C=O) groups is 7. The summed E-state index contributed by atoms with van der Waals surface area (Å²) < 4.78 is 26.9. The molecule has 3 aliphatic heterocycles. The van der Waals surface area contributed by atoms with Crippen LogP contribution in [0.4, 0.5) is 4.79 Å². The van der Waals surface area contributed by atoms with E-state index in [-0.39, 0.29) is 13.2 Å². The highest BCUT2D eigenvalue weighted by Gasteiger charge is 2.39. The van der Waals surface area contributed by atoms with Crippen LogP contribution in [0.5, 0.6) is 0 Å². The van der Waals surface area contributed by atoms with Crippen molar-refractivity contribution in [3.05, 3.63) is 0 Å². The third kappa shape index (κ3) is 12.6. The van der Waals surface area contributed by atoms with Crippen LogP contribution in [0.3, 0.4) is 0 Å². The lowest BCUT2D eigenvalue weighted by Gasteiger charge is -2.34. The van der Waals surface area contributed by atoms with Crippen molar-refractivity contribution in [1.82, 2.24) is 31.9 Å². The van der Waals surface area contributed by atoms with Gasteiger partial charge >= 0.3 is 12.1 Å². The smallest absolute Gasteiger partial charge is 0.407 e. The van der Waals surface area contributed by atoms with Gasteiger partial charge in [0, 0.05) is 19.8 Å². The van der Waals surface area contributed by atoms with Gasteiger partial charge in [0.25, 0.3) is 17.7 Å². The Balaban J connectivity index is 1.54. The Hall–Kier alpha value is -4.03. The molecule has 3 fully saturated rings. The van der Waals surface area contributed by atoms with E-state index < -0.39 is 102 Å². The molecule has 18 heteroatoms. The summed E-state index contributed by atoms with van der Waals surface area (Å²) in [6.07, 6.45) is -0.843. The van der Waals surface area contributed by atoms with Crippen LogP contribution in [0.1, 0.15) is 80.1 Å². The Morgan fingerprint density at radius 3 is 1.29 bits per heavy atom. The van der Waals surface area contributed by atoms with Crippen LogP contribution in [0, 0.1) is 0 Å². The fraction of sp³-hybridized carbons (Fsp3) is 0.788. The molecule has 288 valence electrons. The first kappa shape index (κ1) is 41.4. The lowest BCUT2D eigenvalue weighted by Crippen LogP contribution is -2.61. The van der Waals surface area contributed by atoms with E-state index in [1.807, 2.05) is 0 Å². The highest BCUT2D eigenvalue weighted by atomic mass is 16.6. The second-order valence-electron chi connectivity index (χ2n) is 14.0. The van der Waals surface area contributed by atoms with Gasteiger partial charge in [-0.3, -0.25) is 24.0 Å².